The quantitative estimate of drug-likeness (QED) is 0.159. The first-order chi connectivity index (χ1) is 15.6. The van der Waals surface area contributed by atoms with Crippen molar-refractivity contribution in [3.05, 3.63) is 47.8 Å². The second kappa shape index (κ2) is 14.1. The SMILES string of the molecule is C#CC(=O)C(CCCCC)OC(=O)c1ccc(-c2ncc(CCCCCCC)cn2)cc1. The van der Waals surface area contributed by atoms with Gasteiger partial charge >= 0.3 is 5.97 Å². The second-order valence-electron chi connectivity index (χ2n) is 8.05. The average Bonchev–Trinajstić information content (AvgIpc) is 2.83. The summed E-state index contributed by atoms with van der Waals surface area (Å²) in [7, 11) is 0. The van der Waals surface area contributed by atoms with Crippen LogP contribution in [0.1, 0.15) is 87.6 Å². The van der Waals surface area contributed by atoms with Crippen molar-refractivity contribution in [1.29, 1.82) is 0 Å². The molecule has 1 heterocycles. The number of carbonyl (C=O) groups is 2. The van der Waals surface area contributed by atoms with Crippen LogP contribution in [0.15, 0.2) is 36.7 Å². The Bertz CT molecular complexity index is 883. The van der Waals surface area contributed by atoms with Crippen LogP contribution in [-0.2, 0) is 16.0 Å². The van der Waals surface area contributed by atoms with Crippen molar-refractivity contribution in [3.63, 3.8) is 0 Å². The maximum Gasteiger partial charge on any atom is 0.338 e. The Morgan fingerprint density at radius 2 is 1.56 bits per heavy atom. The van der Waals surface area contributed by atoms with Crippen molar-refractivity contribution >= 4 is 11.8 Å². The number of ketones is 1. The van der Waals surface area contributed by atoms with Crippen molar-refractivity contribution < 1.29 is 14.3 Å². The number of hydrogen-bond donors (Lipinski definition) is 0. The topological polar surface area (TPSA) is 69.2 Å². The van der Waals surface area contributed by atoms with E-state index in [4.69, 9.17) is 11.2 Å². The molecule has 1 aromatic carbocycles. The van der Waals surface area contributed by atoms with E-state index in [1.165, 1.54) is 25.7 Å². The molecule has 0 aliphatic rings. The largest absolute Gasteiger partial charge is 0.450 e. The predicted octanol–water partition coefficient (Wildman–Crippen LogP) is 5.96. The Kier molecular flexibility index (Phi) is 11.2. The highest BCUT2D eigenvalue weighted by Gasteiger charge is 2.22. The first kappa shape index (κ1) is 25.3. The number of Topliss-reactive ketones (excluding diaryl/α,β-unsaturated/α-hetero) is 1. The molecule has 0 saturated carbocycles. The number of terminal acetylenes is 1. The van der Waals surface area contributed by atoms with Gasteiger partial charge in [-0.15, -0.1) is 6.42 Å². The van der Waals surface area contributed by atoms with Gasteiger partial charge < -0.3 is 4.74 Å². The number of aryl methyl sites for hydroxylation is 1. The highest BCUT2D eigenvalue weighted by Crippen LogP contribution is 2.18. The van der Waals surface area contributed by atoms with Crippen LogP contribution < -0.4 is 0 Å². The number of esters is 1. The summed E-state index contributed by atoms with van der Waals surface area (Å²) in [6, 6.07) is 6.88. The van der Waals surface area contributed by atoms with Gasteiger partial charge in [0.05, 0.1) is 5.56 Å². The first-order valence-electron chi connectivity index (χ1n) is 11.7. The number of ether oxygens (including phenoxy) is 1. The maximum absolute atomic E-state index is 12.5. The predicted molar refractivity (Wildman–Crippen MR) is 127 cm³/mol. The lowest BCUT2D eigenvalue weighted by Crippen LogP contribution is -2.26. The molecule has 32 heavy (non-hydrogen) atoms. The van der Waals surface area contributed by atoms with Crippen LogP contribution in [0, 0.1) is 12.3 Å². The van der Waals surface area contributed by atoms with Crippen LogP contribution in [0.4, 0.5) is 0 Å². The Morgan fingerprint density at radius 1 is 0.938 bits per heavy atom. The monoisotopic (exact) mass is 434 g/mol. The first-order valence-corrected chi connectivity index (χ1v) is 11.7. The standard InChI is InChI=1S/C27H34N2O3/c1-4-7-9-10-12-13-21-19-28-26(29-20-21)22-15-17-23(18-16-22)27(31)32-25(24(30)6-3)14-11-8-5-2/h3,15-20,25H,4-5,7-14H2,1-2H3. The van der Waals surface area contributed by atoms with Crippen LogP contribution >= 0.6 is 0 Å². The zero-order valence-electron chi connectivity index (χ0n) is 19.3. The summed E-state index contributed by atoms with van der Waals surface area (Å²) in [4.78, 5) is 33.4. The summed E-state index contributed by atoms with van der Waals surface area (Å²) in [6.45, 7) is 4.28. The van der Waals surface area contributed by atoms with Crippen LogP contribution in [0.5, 0.6) is 0 Å². The van der Waals surface area contributed by atoms with E-state index in [0.29, 0.717) is 17.8 Å². The molecule has 5 heteroatoms. The van der Waals surface area contributed by atoms with Gasteiger partial charge in [0.2, 0.25) is 5.78 Å². The van der Waals surface area contributed by atoms with Crippen molar-refractivity contribution in [1.82, 2.24) is 9.97 Å². The molecule has 1 unspecified atom stereocenters. The van der Waals surface area contributed by atoms with E-state index in [2.05, 4.69) is 29.7 Å². The summed E-state index contributed by atoms with van der Waals surface area (Å²) in [5.74, 6) is 1.63. The van der Waals surface area contributed by atoms with Gasteiger partial charge in [-0.1, -0.05) is 64.5 Å². The second-order valence-corrected chi connectivity index (χ2v) is 8.05. The highest BCUT2D eigenvalue weighted by atomic mass is 16.5. The fourth-order valence-corrected chi connectivity index (χ4v) is 3.43. The van der Waals surface area contributed by atoms with Crippen molar-refractivity contribution in [2.24, 2.45) is 0 Å². The van der Waals surface area contributed by atoms with E-state index in [1.54, 1.807) is 24.3 Å². The van der Waals surface area contributed by atoms with Gasteiger partial charge in [-0.3, -0.25) is 4.79 Å². The van der Waals surface area contributed by atoms with Crippen LogP contribution in [0.3, 0.4) is 0 Å². The Hall–Kier alpha value is -3.00. The van der Waals surface area contributed by atoms with Crippen molar-refractivity contribution in [3.8, 4) is 23.7 Å². The summed E-state index contributed by atoms with van der Waals surface area (Å²) >= 11 is 0. The lowest BCUT2D eigenvalue weighted by atomic mass is 10.1. The summed E-state index contributed by atoms with van der Waals surface area (Å²) in [5.41, 5.74) is 2.32. The van der Waals surface area contributed by atoms with Crippen LogP contribution in [0.25, 0.3) is 11.4 Å². The van der Waals surface area contributed by atoms with Gasteiger partial charge in [-0.05, 0) is 49.3 Å². The van der Waals surface area contributed by atoms with Gasteiger partial charge in [0.15, 0.2) is 11.9 Å². The normalized spacial score (nSPS) is 11.5. The van der Waals surface area contributed by atoms with Crippen molar-refractivity contribution in [2.45, 2.75) is 84.2 Å². The number of carbonyl (C=O) groups excluding carboxylic acids is 2. The van der Waals surface area contributed by atoms with E-state index in [-0.39, 0.29) is 0 Å². The maximum atomic E-state index is 12.5. The number of rotatable bonds is 14. The van der Waals surface area contributed by atoms with Gasteiger partial charge in [0.1, 0.15) is 0 Å². The van der Waals surface area contributed by atoms with E-state index in [9.17, 15) is 9.59 Å². The Labute approximate surface area is 192 Å². The minimum absolute atomic E-state index is 0.364. The minimum Gasteiger partial charge on any atom is -0.450 e. The van der Waals surface area contributed by atoms with E-state index < -0.39 is 17.9 Å². The third-order valence-corrected chi connectivity index (χ3v) is 5.41. The molecule has 0 bridgehead atoms. The number of hydrogen-bond acceptors (Lipinski definition) is 5. The molecule has 0 fully saturated rings. The molecular formula is C27H34N2O3. The number of benzene rings is 1. The third kappa shape index (κ3) is 8.26. The lowest BCUT2D eigenvalue weighted by Gasteiger charge is -2.14. The molecule has 0 spiro atoms. The van der Waals surface area contributed by atoms with Gasteiger partial charge in [-0.25, -0.2) is 14.8 Å². The molecule has 0 radical (unpaired) electrons. The number of unbranched alkanes of at least 4 members (excludes halogenated alkanes) is 6. The number of aromatic nitrogens is 2. The number of nitrogens with zero attached hydrogens (tertiary/aromatic N) is 2. The zero-order valence-corrected chi connectivity index (χ0v) is 19.3. The average molecular weight is 435 g/mol. The molecule has 2 aromatic rings. The van der Waals surface area contributed by atoms with E-state index in [1.807, 2.05) is 12.4 Å². The summed E-state index contributed by atoms with van der Waals surface area (Å²) in [6.07, 6.45) is 18.5. The fourth-order valence-electron chi connectivity index (χ4n) is 3.43. The van der Waals surface area contributed by atoms with Crippen molar-refractivity contribution in [2.75, 3.05) is 0 Å². The molecule has 0 N–H and O–H groups in total. The summed E-state index contributed by atoms with van der Waals surface area (Å²) < 4.78 is 5.40. The molecule has 1 atom stereocenters. The minimum atomic E-state index is -0.892. The van der Waals surface area contributed by atoms with Gasteiger partial charge in [0.25, 0.3) is 0 Å². The Morgan fingerprint density at radius 3 is 2.19 bits per heavy atom. The smallest absolute Gasteiger partial charge is 0.338 e. The molecule has 0 aliphatic heterocycles. The van der Waals surface area contributed by atoms with Crippen LogP contribution in [0.2, 0.25) is 0 Å². The zero-order chi connectivity index (χ0) is 23.2. The van der Waals surface area contributed by atoms with Gasteiger partial charge in [0, 0.05) is 18.0 Å². The van der Waals surface area contributed by atoms with E-state index in [0.717, 1.165) is 43.2 Å². The molecule has 0 saturated heterocycles. The lowest BCUT2D eigenvalue weighted by molar-refractivity contribution is -0.122. The third-order valence-electron chi connectivity index (χ3n) is 5.41. The molecule has 5 nitrogen and oxygen atoms in total. The Balaban J connectivity index is 1.94. The molecule has 0 aliphatic carbocycles. The highest BCUT2D eigenvalue weighted by molar-refractivity contribution is 6.00. The van der Waals surface area contributed by atoms with Crippen LogP contribution in [-0.4, -0.2) is 27.8 Å². The molecule has 0 amide bonds. The van der Waals surface area contributed by atoms with Gasteiger partial charge in [-0.2, -0.15) is 0 Å². The fraction of sp³-hybridized carbons (Fsp3) is 0.481. The molecule has 170 valence electrons. The molecular weight excluding hydrogens is 400 g/mol. The summed E-state index contributed by atoms with van der Waals surface area (Å²) in [5, 5.41) is 0. The molecule has 2 rings (SSSR count). The van der Waals surface area contributed by atoms with E-state index >= 15 is 0 Å². The molecule has 1 aromatic heterocycles.